The zero-order chi connectivity index (χ0) is 15.3. The summed E-state index contributed by atoms with van der Waals surface area (Å²) in [5.41, 5.74) is 9.76. The molecule has 0 nitrogen and oxygen atoms in total. The smallest absolute Gasteiger partial charge is 0.0159 e. The number of hydrogen-bond acceptors (Lipinski definition) is 0. The number of fused-ring (bicyclic) bond motifs is 3. The zero-order valence-electron chi connectivity index (χ0n) is 13.4. The molecule has 0 spiro atoms. The molecule has 0 aromatic heterocycles. The van der Waals surface area contributed by atoms with Gasteiger partial charge < -0.3 is 0 Å². The number of benzene rings is 3. The van der Waals surface area contributed by atoms with Gasteiger partial charge in [-0.2, -0.15) is 0 Å². The van der Waals surface area contributed by atoms with E-state index in [0.29, 0.717) is 0 Å². The highest BCUT2D eigenvalue weighted by molar-refractivity contribution is 5.85. The van der Waals surface area contributed by atoms with Crippen molar-refractivity contribution in [3.8, 4) is 22.3 Å². The predicted molar refractivity (Wildman–Crippen MR) is 94.2 cm³/mol. The summed E-state index contributed by atoms with van der Waals surface area (Å²) in [5, 5.41) is 0. The fraction of sp³-hybridized carbons (Fsp3) is 0.182. The fourth-order valence-corrected chi connectivity index (χ4v) is 3.78. The fourth-order valence-electron chi connectivity index (χ4n) is 3.78. The van der Waals surface area contributed by atoms with E-state index in [1.165, 1.54) is 38.9 Å². The van der Waals surface area contributed by atoms with Crippen LogP contribution in [0.1, 0.15) is 30.5 Å². The average molecular weight is 284 g/mol. The summed E-state index contributed by atoms with van der Waals surface area (Å²) in [7, 11) is 0. The summed E-state index contributed by atoms with van der Waals surface area (Å²) < 4.78 is 0. The molecule has 0 heterocycles. The Hall–Kier alpha value is -2.34. The highest BCUT2D eigenvalue weighted by Gasteiger charge is 2.36. The SMILES string of the molecule is Cc1cccc2c1-c1ccc(-c3ccccc3)cc1C2(C)C. The van der Waals surface area contributed by atoms with Gasteiger partial charge in [0, 0.05) is 5.41 Å². The Labute approximate surface area is 132 Å². The normalized spacial score (nSPS) is 14.5. The van der Waals surface area contributed by atoms with Crippen molar-refractivity contribution in [2.24, 2.45) is 0 Å². The van der Waals surface area contributed by atoms with Gasteiger partial charge in [-0.05, 0) is 51.9 Å². The molecule has 0 radical (unpaired) electrons. The molecule has 0 atom stereocenters. The van der Waals surface area contributed by atoms with Gasteiger partial charge in [0.2, 0.25) is 0 Å². The van der Waals surface area contributed by atoms with Crippen molar-refractivity contribution in [3.05, 3.63) is 83.4 Å². The van der Waals surface area contributed by atoms with E-state index in [4.69, 9.17) is 0 Å². The maximum atomic E-state index is 2.38. The van der Waals surface area contributed by atoms with Gasteiger partial charge in [-0.1, -0.05) is 74.5 Å². The predicted octanol–water partition coefficient (Wildman–Crippen LogP) is 5.97. The van der Waals surface area contributed by atoms with Crippen LogP contribution in [0, 0.1) is 6.92 Å². The lowest BCUT2D eigenvalue weighted by Gasteiger charge is -2.22. The zero-order valence-corrected chi connectivity index (χ0v) is 13.4. The molecule has 3 aromatic rings. The third kappa shape index (κ3) is 1.77. The molecule has 0 saturated carbocycles. The molecule has 1 aliphatic rings. The molecule has 0 saturated heterocycles. The Morgan fingerprint density at radius 2 is 1.45 bits per heavy atom. The molecular weight excluding hydrogens is 264 g/mol. The van der Waals surface area contributed by atoms with Crippen LogP contribution in [0.5, 0.6) is 0 Å². The minimum atomic E-state index is 0.0709. The van der Waals surface area contributed by atoms with E-state index in [1.54, 1.807) is 0 Å². The number of hydrogen-bond donors (Lipinski definition) is 0. The summed E-state index contributed by atoms with van der Waals surface area (Å²) in [6, 6.07) is 24.3. The summed E-state index contributed by atoms with van der Waals surface area (Å²) in [6.07, 6.45) is 0. The van der Waals surface area contributed by atoms with Gasteiger partial charge >= 0.3 is 0 Å². The van der Waals surface area contributed by atoms with Crippen LogP contribution in [0.4, 0.5) is 0 Å². The first kappa shape index (κ1) is 13.3. The Kier molecular flexibility index (Phi) is 2.77. The molecule has 3 aromatic carbocycles. The maximum Gasteiger partial charge on any atom is 0.0159 e. The first-order chi connectivity index (χ1) is 10.6. The van der Waals surface area contributed by atoms with E-state index in [9.17, 15) is 0 Å². The van der Waals surface area contributed by atoms with Gasteiger partial charge in [0.15, 0.2) is 0 Å². The minimum absolute atomic E-state index is 0.0709. The van der Waals surface area contributed by atoms with Crippen LogP contribution < -0.4 is 0 Å². The molecule has 0 unspecified atom stereocenters. The number of rotatable bonds is 1. The van der Waals surface area contributed by atoms with Gasteiger partial charge in [0.25, 0.3) is 0 Å². The number of aryl methyl sites for hydroxylation is 1. The molecule has 0 bridgehead atoms. The van der Waals surface area contributed by atoms with Crippen LogP contribution in [-0.2, 0) is 5.41 Å². The molecule has 0 aliphatic heterocycles. The molecule has 108 valence electrons. The minimum Gasteiger partial charge on any atom is -0.0622 e. The Balaban J connectivity index is 1.97. The van der Waals surface area contributed by atoms with E-state index >= 15 is 0 Å². The van der Waals surface area contributed by atoms with Crippen molar-refractivity contribution in [2.45, 2.75) is 26.2 Å². The monoisotopic (exact) mass is 284 g/mol. The second-order valence-corrected chi connectivity index (χ2v) is 6.75. The molecule has 0 fully saturated rings. The van der Waals surface area contributed by atoms with Crippen molar-refractivity contribution in [1.29, 1.82) is 0 Å². The largest absolute Gasteiger partial charge is 0.0622 e. The lowest BCUT2D eigenvalue weighted by molar-refractivity contribution is 0.660. The van der Waals surface area contributed by atoms with Crippen molar-refractivity contribution < 1.29 is 0 Å². The van der Waals surface area contributed by atoms with E-state index in [1.807, 2.05) is 0 Å². The third-order valence-electron chi connectivity index (χ3n) is 5.02. The third-order valence-corrected chi connectivity index (χ3v) is 5.02. The molecule has 4 rings (SSSR count). The summed E-state index contributed by atoms with van der Waals surface area (Å²) in [4.78, 5) is 0. The van der Waals surface area contributed by atoms with E-state index < -0.39 is 0 Å². The quantitative estimate of drug-likeness (QED) is 0.516. The second-order valence-electron chi connectivity index (χ2n) is 6.75. The lowest BCUT2D eigenvalue weighted by atomic mass is 9.81. The molecule has 0 amide bonds. The van der Waals surface area contributed by atoms with Crippen molar-refractivity contribution in [1.82, 2.24) is 0 Å². The van der Waals surface area contributed by atoms with Crippen molar-refractivity contribution in [2.75, 3.05) is 0 Å². The first-order valence-electron chi connectivity index (χ1n) is 7.89. The topological polar surface area (TPSA) is 0 Å². The molecule has 22 heavy (non-hydrogen) atoms. The van der Waals surface area contributed by atoms with E-state index in [-0.39, 0.29) is 5.41 Å². The van der Waals surface area contributed by atoms with Gasteiger partial charge in [-0.3, -0.25) is 0 Å². The average Bonchev–Trinajstić information content (AvgIpc) is 2.77. The van der Waals surface area contributed by atoms with Crippen LogP contribution in [-0.4, -0.2) is 0 Å². The summed E-state index contributed by atoms with van der Waals surface area (Å²) in [6.45, 7) is 6.90. The highest BCUT2D eigenvalue weighted by Crippen LogP contribution is 2.50. The molecule has 0 N–H and O–H groups in total. The maximum absolute atomic E-state index is 2.38. The van der Waals surface area contributed by atoms with Crippen molar-refractivity contribution in [3.63, 3.8) is 0 Å². The molecule has 1 aliphatic carbocycles. The Morgan fingerprint density at radius 3 is 2.23 bits per heavy atom. The van der Waals surface area contributed by atoms with Crippen LogP contribution in [0.25, 0.3) is 22.3 Å². The van der Waals surface area contributed by atoms with Crippen molar-refractivity contribution >= 4 is 0 Å². The molecular formula is C22H20. The van der Waals surface area contributed by atoms with Crippen LogP contribution in [0.2, 0.25) is 0 Å². The van der Waals surface area contributed by atoms with Gasteiger partial charge in [0.1, 0.15) is 0 Å². The summed E-state index contributed by atoms with van der Waals surface area (Å²) in [5.74, 6) is 0. The first-order valence-corrected chi connectivity index (χ1v) is 7.89. The lowest BCUT2D eigenvalue weighted by Crippen LogP contribution is -2.15. The second kappa shape index (κ2) is 4.58. The molecule has 0 heteroatoms. The van der Waals surface area contributed by atoms with Gasteiger partial charge in [-0.25, -0.2) is 0 Å². The van der Waals surface area contributed by atoms with E-state index in [0.717, 1.165) is 0 Å². The Morgan fingerprint density at radius 1 is 0.682 bits per heavy atom. The standard InChI is InChI=1S/C22H20/c1-15-8-7-11-19-21(15)18-13-12-17(14-20(18)22(19,2)3)16-9-5-4-6-10-16/h4-14H,1-3H3. The Bertz CT molecular complexity index is 854. The van der Waals surface area contributed by atoms with Crippen LogP contribution >= 0.6 is 0 Å². The summed E-state index contributed by atoms with van der Waals surface area (Å²) >= 11 is 0. The van der Waals surface area contributed by atoms with Gasteiger partial charge in [0.05, 0.1) is 0 Å². The van der Waals surface area contributed by atoms with Crippen LogP contribution in [0.3, 0.4) is 0 Å². The van der Waals surface area contributed by atoms with E-state index in [2.05, 4.69) is 87.5 Å². The van der Waals surface area contributed by atoms with Crippen LogP contribution in [0.15, 0.2) is 66.7 Å². The van der Waals surface area contributed by atoms with Gasteiger partial charge in [-0.15, -0.1) is 0 Å². The highest BCUT2D eigenvalue weighted by atomic mass is 14.4.